The van der Waals surface area contributed by atoms with E-state index in [0.29, 0.717) is 5.69 Å². The first-order valence-electron chi connectivity index (χ1n) is 4.51. The Bertz CT molecular complexity index is 355. The van der Waals surface area contributed by atoms with Crippen molar-refractivity contribution in [3.05, 3.63) is 24.3 Å². The highest BCUT2D eigenvalue weighted by molar-refractivity contribution is 5.87. The van der Waals surface area contributed by atoms with Crippen LogP contribution in [0.1, 0.15) is 0 Å². The topological polar surface area (TPSA) is 76.7 Å². The Labute approximate surface area is 92.5 Å². The van der Waals surface area contributed by atoms with Gasteiger partial charge in [-0.15, -0.1) is 0 Å². The molecular weight excluding hydrogens is 212 g/mol. The molecule has 1 rings (SSSR count). The Morgan fingerprint density at radius 3 is 2.50 bits per heavy atom. The number of amides is 2. The molecule has 0 spiro atoms. The van der Waals surface area contributed by atoms with E-state index in [-0.39, 0.29) is 5.75 Å². The van der Waals surface area contributed by atoms with Crippen LogP contribution in [0, 0.1) is 0 Å². The Morgan fingerprint density at radius 2 is 1.88 bits per heavy atom. The molecule has 86 valence electrons. The Balaban J connectivity index is 2.83. The first-order chi connectivity index (χ1) is 7.67. The molecule has 6 heteroatoms. The first-order valence-corrected chi connectivity index (χ1v) is 4.51. The molecule has 0 aromatic heterocycles. The Hall–Kier alpha value is -2.24. The van der Waals surface area contributed by atoms with Gasteiger partial charge in [0.25, 0.3) is 0 Å². The van der Waals surface area contributed by atoms with Gasteiger partial charge in [0, 0.05) is 7.05 Å². The van der Waals surface area contributed by atoms with Gasteiger partial charge in [-0.05, 0) is 12.1 Å². The number of ether oxygens (including phenoxy) is 2. The van der Waals surface area contributed by atoms with Gasteiger partial charge in [-0.3, -0.25) is 5.32 Å². The Kier molecular flexibility index (Phi) is 4.14. The molecule has 0 saturated carbocycles. The van der Waals surface area contributed by atoms with Gasteiger partial charge in [0.1, 0.15) is 0 Å². The van der Waals surface area contributed by atoms with Crippen LogP contribution in [0.15, 0.2) is 24.3 Å². The van der Waals surface area contributed by atoms with Crippen LogP contribution in [-0.4, -0.2) is 26.3 Å². The number of nitrogens with one attached hydrogen (secondary N) is 2. The van der Waals surface area contributed by atoms with Crippen LogP contribution in [0.4, 0.5) is 15.3 Å². The summed E-state index contributed by atoms with van der Waals surface area (Å²) in [4.78, 5) is 22.0. The molecule has 16 heavy (non-hydrogen) atoms. The number of para-hydroxylation sites is 2. The number of rotatable bonds is 2. The van der Waals surface area contributed by atoms with Crippen molar-refractivity contribution < 1.29 is 19.1 Å². The van der Waals surface area contributed by atoms with Crippen LogP contribution < -0.4 is 15.4 Å². The molecule has 0 saturated heterocycles. The molecule has 0 atom stereocenters. The minimum Gasteiger partial charge on any atom is -0.453 e. The molecule has 6 nitrogen and oxygen atoms in total. The number of benzene rings is 1. The van der Waals surface area contributed by atoms with Crippen LogP contribution in [0.2, 0.25) is 0 Å². The van der Waals surface area contributed by atoms with E-state index >= 15 is 0 Å². The van der Waals surface area contributed by atoms with E-state index in [4.69, 9.17) is 4.74 Å². The van der Waals surface area contributed by atoms with E-state index in [1.807, 2.05) is 0 Å². The highest BCUT2D eigenvalue weighted by atomic mass is 16.6. The lowest BCUT2D eigenvalue weighted by molar-refractivity contribution is 0.186. The fourth-order valence-electron chi connectivity index (χ4n) is 0.971. The van der Waals surface area contributed by atoms with Crippen molar-refractivity contribution in [1.29, 1.82) is 0 Å². The second-order valence-electron chi connectivity index (χ2n) is 2.75. The minimum absolute atomic E-state index is 0.243. The number of carbonyl (C=O) groups excluding carboxylic acids is 2. The summed E-state index contributed by atoms with van der Waals surface area (Å²) in [5, 5.41) is 4.73. The van der Waals surface area contributed by atoms with Crippen LogP contribution in [0.25, 0.3) is 0 Å². The maximum Gasteiger partial charge on any atom is 0.412 e. The monoisotopic (exact) mass is 224 g/mol. The molecule has 0 fully saturated rings. The van der Waals surface area contributed by atoms with E-state index in [1.54, 1.807) is 24.3 Å². The van der Waals surface area contributed by atoms with Crippen LogP contribution in [-0.2, 0) is 4.74 Å². The smallest absolute Gasteiger partial charge is 0.412 e. The normalized spacial score (nSPS) is 9.12. The fourth-order valence-corrected chi connectivity index (χ4v) is 0.971. The molecule has 2 amide bonds. The van der Waals surface area contributed by atoms with Gasteiger partial charge in [0.15, 0.2) is 5.75 Å². The second-order valence-corrected chi connectivity index (χ2v) is 2.75. The van der Waals surface area contributed by atoms with Crippen molar-refractivity contribution >= 4 is 17.9 Å². The van der Waals surface area contributed by atoms with E-state index in [2.05, 4.69) is 15.4 Å². The maximum absolute atomic E-state index is 11.0. The summed E-state index contributed by atoms with van der Waals surface area (Å²) < 4.78 is 9.35. The van der Waals surface area contributed by atoms with Crippen molar-refractivity contribution in [1.82, 2.24) is 5.32 Å². The number of anilines is 1. The number of hydrogen-bond donors (Lipinski definition) is 2. The average Bonchev–Trinajstić information content (AvgIpc) is 2.31. The van der Waals surface area contributed by atoms with Gasteiger partial charge in [0.05, 0.1) is 12.8 Å². The summed E-state index contributed by atoms with van der Waals surface area (Å²) >= 11 is 0. The third kappa shape index (κ3) is 3.16. The highest BCUT2D eigenvalue weighted by Gasteiger charge is 2.09. The lowest BCUT2D eigenvalue weighted by Gasteiger charge is -2.09. The van der Waals surface area contributed by atoms with Crippen LogP contribution in [0.5, 0.6) is 5.75 Å². The molecule has 0 radical (unpaired) electrons. The van der Waals surface area contributed by atoms with E-state index in [1.165, 1.54) is 14.2 Å². The fraction of sp³-hybridized carbons (Fsp3) is 0.200. The third-order valence-electron chi connectivity index (χ3n) is 1.72. The summed E-state index contributed by atoms with van der Waals surface area (Å²) in [5.41, 5.74) is 0.359. The zero-order valence-corrected chi connectivity index (χ0v) is 8.94. The molecule has 2 N–H and O–H groups in total. The molecule has 0 aliphatic rings. The third-order valence-corrected chi connectivity index (χ3v) is 1.72. The molecule has 0 aliphatic heterocycles. The van der Waals surface area contributed by atoms with Crippen molar-refractivity contribution in [2.75, 3.05) is 19.5 Å². The molecular formula is C10H12N2O4. The zero-order valence-electron chi connectivity index (χ0n) is 8.94. The quantitative estimate of drug-likeness (QED) is 0.799. The van der Waals surface area contributed by atoms with Gasteiger partial charge in [-0.2, -0.15) is 0 Å². The summed E-state index contributed by atoms with van der Waals surface area (Å²) in [5.74, 6) is 0.243. The zero-order chi connectivity index (χ0) is 12.0. The molecule has 0 aliphatic carbocycles. The molecule has 0 heterocycles. The Morgan fingerprint density at radius 1 is 1.19 bits per heavy atom. The predicted molar refractivity (Wildman–Crippen MR) is 57.6 cm³/mol. The predicted octanol–water partition coefficient (Wildman–Crippen LogP) is 1.58. The highest BCUT2D eigenvalue weighted by Crippen LogP contribution is 2.23. The van der Waals surface area contributed by atoms with Gasteiger partial charge < -0.3 is 14.8 Å². The first kappa shape index (κ1) is 11.8. The SMILES string of the molecule is CNC(=O)Oc1ccccc1NC(=O)OC. The average molecular weight is 224 g/mol. The van der Waals surface area contributed by atoms with Crippen molar-refractivity contribution in [2.24, 2.45) is 0 Å². The summed E-state index contributed by atoms with van der Waals surface area (Å²) in [7, 11) is 2.69. The lowest BCUT2D eigenvalue weighted by Crippen LogP contribution is -2.23. The van der Waals surface area contributed by atoms with Crippen molar-refractivity contribution in [3.63, 3.8) is 0 Å². The van der Waals surface area contributed by atoms with Crippen molar-refractivity contribution in [2.45, 2.75) is 0 Å². The van der Waals surface area contributed by atoms with Gasteiger partial charge >= 0.3 is 12.2 Å². The van der Waals surface area contributed by atoms with E-state index in [9.17, 15) is 9.59 Å². The maximum atomic E-state index is 11.0. The second kappa shape index (κ2) is 5.59. The van der Waals surface area contributed by atoms with Gasteiger partial charge in [-0.1, -0.05) is 12.1 Å². The van der Waals surface area contributed by atoms with Gasteiger partial charge in [0.2, 0.25) is 0 Å². The summed E-state index contributed by atoms with van der Waals surface area (Å²) in [6.07, 6.45) is -1.24. The standard InChI is InChI=1S/C10H12N2O4/c1-11-9(13)16-8-6-4-3-5-7(8)12-10(14)15-2/h3-6H,1-2H3,(H,11,13)(H,12,14). The number of hydrogen-bond acceptors (Lipinski definition) is 4. The van der Waals surface area contributed by atoms with E-state index < -0.39 is 12.2 Å². The molecule has 0 bridgehead atoms. The van der Waals surface area contributed by atoms with Crippen molar-refractivity contribution in [3.8, 4) is 5.75 Å². The lowest BCUT2D eigenvalue weighted by atomic mass is 10.3. The van der Waals surface area contributed by atoms with E-state index in [0.717, 1.165) is 0 Å². The number of methoxy groups -OCH3 is 1. The summed E-state index contributed by atoms with van der Waals surface area (Å²) in [6.45, 7) is 0. The van der Waals surface area contributed by atoms with Gasteiger partial charge in [-0.25, -0.2) is 9.59 Å². The molecule has 1 aromatic rings. The summed E-state index contributed by atoms with van der Waals surface area (Å²) in [6, 6.07) is 6.53. The molecule has 0 unspecified atom stereocenters. The number of carbonyl (C=O) groups is 2. The molecule has 1 aromatic carbocycles. The largest absolute Gasteiger partial charge is 0.453 e. The van der Waals surface area contributed by atoms with Crippen LogP contribution >= 0.6 is 0 Å². The van der Waals surface area contributed by atoms with Crippen LogP contribution in [0.3, 0.4) is 0 Å². The minimum atomic E-state index is -0.632.